The summed E-state index contributed by atoms with van der Waals surface area (Å²) in [5.74, 6) is 0. The summed E-state index contributed by atoms with van der Waals surface area (Å²) in [6, 6.07) is 143. The molecule has 6 heteroatoms. The second-order valence-corrected chi connectivity index (χ2v) is 28.5. The van der Waals surface area contributed by atoms with Crippen LogP contribution in [0.4, 0.5) is 0 Å². The summed E-state index contributed by atoms with van der Waals surface area (Å²) >= 11 is 0. The Morgan fingerprint density at radius 2 is 0.316 bits per heavy atom. The molecule has 6 aromatic heterocycles. The Labute approximate surface area is 664 Å². The lowest BCUT2D eigenvalue weighted by molar-refractivity contribution is 1.29. The largest absolute Gasteiger partial charge is 0.256 e. The van der Waals surface area contributed by atoms with E-state index >= 15 is 0 Å². The standard InChI is InChI=1S/C108H72N6/c1-3-23-76(24-4-1)105-56-53-82(70-112-105)94-30-10-16-36-100(94)88-66-89(101-37-17-11-31-95(101)83-54-57-106(113-71-83)77-25-5-2-6-26-77)68-90(67-88)102-38-18-12-32-96(102)84-55-58-107(114-72-84)81-59-62-111-108(69-81)80-51-45-75(46-52-80)93-29-9-15-35-99(93)87-64-85(97-33-13-7-27-91(97)73-41-47-78(48-42-73)103-39-19-21-60-109-103)63-86(65-87)98-34-14-8-28-92(98)74-43-49-79(50-44-74)104-40-20-22-61-110-104/h1-72H. The molecule has 19 aromatic rings. The number of aromatic nitrogens is 6. The maximum atomic E-state index is 5.23. The molecule has 0 amide bonds. The maximum Gasteiger partial charge on any atom is 0.0708 e. The minimum Gasteiger partial charge on any atom is -0.256 e. The van der Waals surface area contributed by atoms with Crippen LogP contribution in [0.15, 0.2) is 438 Å². The van der Waals surface area contributed by atoms with E-state index in [0.717, 1.165) is 201 Å². The highest BCUT2D eigenvalue weighted by molar-refractivity contribution is 5.97. The molecular weight excluding hydrogens is 1380 g/mol. The summed E-state index contributed by atoms with van der Waals surface area (Å²) in [6.45, 7) is 0. The molecule has 0 aliphatic carbocycles. The zero-order valence-corrected chi connectivity index (χ0v) is 62.3. The predicted octanol–water partition coefficient (Wildman–Crippen LogP) is 28.1. The minimum absolute atomic E-state index is 0.851. The van der Waals surface area contributed by atoms with E-state index in [1.807, 2.05) is 79.6 Å². The highest BCUT2D eigenvalue weighted by Gasteiger charge is 2.21. The van der Waals surface area contributed by atoms with Gasteiger partial charge in [0.2, 0.25) is 0 Å². The first-order valence-corrected chi connectivity index (χ1v) is 38.5. The average molecular weight is 1450 g/mol. The van der Waals surface area contributed by atoms with Crippen molar-refractivity contribution in [1.29, 1.82) is 0 Å². The van der Waals surface area contributed by atoms with Gasteiger partial charge < -0.3 is 0 Å². The van der Waals surface area contributed by atoms with E-state index < -0.39 is 0 Å². The Kier molecular flexibility index (Phi) is 19.1. The lowest BCUT2D eigenvalue weighted by atomic mass is 9.86. The third-order valence-corrected chi connectivity index (χ3v) is 21.5. The fourth-order valence-electron chi connectivity index (χ4n) is 15.8. The van der Waals surface area contributed by atoms with Gasteiger partial charge in [-0.15, -0.1) is 0 Å². The third-order valence-electron chi connectivity index (χ3n) is 21.5. The van der Waals surface area contributed by atoms with Gasteiger partial charge in [-0.05, 0) is 208 Å². The number of hydrogen-bond acceptors (Lipinski definition) is 6. The van der Waals surface area contributed by atoms with Crippen LogP contribution >= 0.6 is 0 Å². The first kappa shape index (κ1) is 69.2. The first-order chi connectivity index (χ1) is 56.5. The molecule has 0 N–H and O–H groups in total. The van der Waals surface area contributed by atoms with Crippen LogP contribution in [-0.2, 0) is 0 Å². The minimum atomic E-state index is 0.851. The third kappa shape index (κ3) is 14.3. The molecule has 534 valence electrons. The van der Waals surface area contributed by atoms with E-state index in [4.69, 9.17) is 19.9 Å². The average Bonchev–Trinajstić information content (AvgIpc) is 0.764. The molecule has 19 rings (SSSR count). The van der Waals surface area contributed by atoms with Crippen LogP contribution in [0.3, 0.4) is 0 Å². The summed E-state index contributed by atoms with van der Waals surface area (Å²) in [5.41, 5.74) is 38.2. The zero-order chi connectivity index (χ0) is 75.9. The smallest absolute Gasteiger partial charge is 0.0708 e. The van der Waals surface area contributed by atoms with Crippen LogP contribution in [-0.4, -0.2) is 29.9 Å². The SMILES string of the molecule is c1ccc(-c2ccc(-c3ccccc3-c3cc(-c4ccccc4-c4ccc(-c5ccccc5)nc4)cc(-c4ccccc4-c4ccc(-c5ccnc(-c6ccc(-c7ccccc7-c7cc(-c8ccccc8-c8ccc(-c9ccccn9)cc8)cc(-c8ccccc8-c8ccc(-c9ccccn9)cc8)c7)cc6)c5)nc4)c3)cn2)cc1. The van der Waals surface area contributed by atoms with E-state index in [2.05, 4.69) is 368 Å². The molecule has 6 heterocycles. The van der Waals surface area contributed by atoms with Crippen LogP contribution in [0.2, 0.25) is 0 Å². The molecule has 0 aliphatic heterocycles. The van der Waals surface area contributed by atoms with Crippen molar-refractivity contribution in [3.63, 3.8) is 0 Å². The monoisotopic (exact) mass is 1450 g/mol. The molecule has 6 nitrogen and oxygen atoms in total. The Hall–Kier alpha value is -15.2. The van der Waals surface area contributed by atoms with Crippen molar-refractivity contribution in [3.05, 3.63) is 438 Å². The van der Waals surface area contributed by atoms with Crippen molar-refractivity contribution in [3.8, 4) is 201 Å². The van der Waals surface area contributed by atoms with Crippen LogP contribution in [0.25, 0.3) is 201 Å². The Morgan fingerprint density at radius 3 is 0.588 bits per heavy atom. The molecule has 0 unspecified atom stereocenters. The molecule has 0 spiro atoms. The first-order valence-electron chi connectivity index (χ1n) is 38.5. The quantitative estimate of drug-likeness (QED) is 0.0852. The van der Waals surface area contributed by atoms with E-state index in [0.29, 0.717) is 0 Å². The van der Waals surface area contributed by atoms with Crippen molar-refractivity contribution >= 4 is 0 Å². The highest BCUT2D eigenvalue weighted by atomic mass is 14.7. The van der Waals surface area contributed by atoms with E-state index in [1.54, 1.807) is 0 Å². The molecular formula is C108H72N6. The van der Waals surface area contributed by atoms with Gasteiger partial charge >= 0.3 is 0 Å². The zero-order valence-electron chi connectivity index (χ0n) is 62.3. The van der Waals surface area contributed by atoms with Gasteiger partial charge in [0.25, 0.3) is 0 Å². The van der Waals surface area contributed by atoms with Gasteiger partial charge in [-0.3, -0.25) is 29.9 Å². The fraction of sp³-hybridized carbons (Fsp3) is 0. The van der Waals surface area contributed by atoms with Crippen molar-refractivity contribution in [2.24, 2.45) is 0 Å². The summed E-state index contributed by atoms with van der Waals surface area (Å²) in [4.78, 5) is 29.5. The van der Waals surface area contributed by atoms with Crippen molar-refractivity contribution in [2.75, 3.05) is 0 Å². The molecule has 0 saturated heterocycles. The van der Waals surface area contributed by atoms with E-state index in [9.17, 15) is 0 Å². The molecule has 0 bridgehead atoms. The highest BCUT2D eigenvalue weighted by Crippen LogP contribution is 2.46. The van der Waals surface area contributed by atoms with Gasteiger partial charge in [-0.1, -0.05) is 309 Å². The molecule has 0 fully saturated rings. The lowest BCUT2D eigenvalue weighted by Crippen LogP contribution is -1.93. The number of benzene rings is 13. The lowest BCUT2D eigenvalue weighted by Gasteiger charge is -2.18. The second-order valence-electron chi connectivity index (χ2n) is 28.5. The number of pyridine rings is 6. The Balaban J connectivity index is 0.643. The summed E-state index contributed by atoms with van der Waals surface area (Å²) in [6.07, 6.45) is 11.6. The molecule has 13 aromatic carbocycles. The van der Waals surface area contributed by atoms with E-state index in [-0.39, 0.29) is 0 Å². The molecule has 0 radical (unpaired) electrons. The fourth-order valence-corrected chi connectivity index (χ4v) is 15.8. The van der Waals surface area contributed by atoms with Crippen LogP contribution in [0, 0.1) is 0 Å². The Bertz CT molecular complexity index is 5940. The van der Waals surface area contributed by atoms with Crippen molar-refractivity contribution in [1.82, 2.24) is 29.9 Å². The number of hydrogen-bond donors (Lipinski definition) is 0. The van der Waals surface area contributed by atoms with E-state index in [1.165, 1.54) is 0 Å². The van der Waals surface area contributed by atoms with Crippen LogP contribution in [0.1, 0.15) is 0 Å². The topological polar surface area (TPSA) is 77.3 Å². The molecule has 0 atom stereocenters. The Morgan fingerprint density at radius 1 is 0.105 bits per heavy atom. The van der Waals surface area contributed by atoms with Crippen molar-refractivity contribution < 1.29 is 0 Å². The number of nitrogens with zero attached hydrogens (tertiary/aromatic N) is 6. The van der Waals surface area contributed by atoms with Gasteiger partial charge in [-0.25, -0.2) is 0 Å². The second kappa shape index (κ2) is 31.4. The van der Waals surface area contributed by atoms with Crippen LogP contribution in [0.5, 0.6) is 0 Å². The number of rotatable bonds is 18. The molecule has 114 heavy (non-hydrogen) atoms. The maximum absolute atomic E-state index is 5.23. The van der Waals surface area contributed by atoms with Gasteiger partial charge in [0.1, 0.15) is 0 Å². The summed E-state index contributed by atoms with van der Waals surface area (Å²) in [7, 11) is 0. The summed E-state index contributed by atoms with van der Waals surface area (Å²) < 4.78 is 0. The predicted molar refractivity (Wildman–Crippen MR) is 471 cm³/mol. The normalized spacial score (nSPS) is 11.2. The van der Waals surface area contributed by atoms with Crippen LogP contribution < -0.4 is 0 Å². The molecule has 0 saturated carbocycles. The van der Waals surface area contributed by atoms with Gasteiger partial charge in [0.15, 0.2) is 0 Å². The van der Waals surface area contributed by atoms with Gasteiger partial charge in [-0.2, -0.15) is 0 Å². The van der Waals surface area contributed by atoms with Gasteiger partial charge in [0, 0.05) is 87.3 Å². The van der Waals surface area contributed by atoms with Crippen molar-refractivity contribution in [2.45, 2.75) is 0 Å². The van der Waals surface area contributed by atoms with Gasteiger partial charge in [0.05, 0.1) is 34.2 Å². The summed E-state index contributed by atoms with van der Waals surface area (Å²) in [5, 5.41) is 0. The molecule has 0 aliphatic rings.